The number of hydrogen-bond donors (Lipinski definition) is 4. The maximum absolute atomic E-state index is 14.7. The van der Waals surface area contributed by atoms with Gasteiger partial charge >= 0.3 is 6.03 Å². The molecule has 9 nitrogen and oxygen atoms in total. The standard InChI is InChI=1S/C27H31F2N5O4S/c1-3-30-26(35)31-20-7-4-18(5-8-20)25-32-23(15-24(33-25)34-12-13-38-16-17(34)2)27(10-11-27)39(36,37)22-14-19(28)6-9-21(22)29/h4-9,14-15,17,36-37H,3,10-13,16H2,1-2H3,(H2,30,31,35)/t17-/m0/s1. The van der Waals surface area contributed by atoms with Gasteiger partial charge in [-0.1, -0.05) is 0 Å². The highest BCUT2D eigenvalue weighted by molar-refractivity contribution is 8.25. The normalized spacial score (nSPS) is 18.9. The Hall–Kier alpha value is -3.32. The summed E-state index contributed by atoms with van der Waals surface area (Å²) in [4.78, 5) is 23.0. The number of benzene rings is 2. The summed E-state index contributed by atoms with van der Waals surface area (Å²) < 4.78 is 55.9. The van der Waals surface area contributed by atoms with Gasteiger partial charge in [-0.2, -0.15) is 10.6 Å². The van der Waals surface area contributed by atoms with Crippen LogP contribution in [-0.4, -0.2) is 57.4 Å². The van der Waals surface area contributed by atoms with Crippen LogP contribution in [0.25, 0.3) is 11.4 Å². The second kappa shape index (κ2) is 10.7. The van der Waals surface area contributed by atoms with Gasteiger partial charge in [0.05, 0.1) is 29.8 Å². The van der Waals surface area contributed by atoms with Crippen LogP contribution in [0.2, 0.25) is 0 Å². The summed E-state index contributed by atoms with van der Waals surface area (Å²) in [6, 6.07) is 11.1. The van der Waals surface area contributed by atoms with Crippen LogP contribution in [0.4, 0.5) is 25.1 Å². The summed E-state index contributed by atoms with van der Waals surface area (Å²) in [6.45, 7) is 5.91. The lowest BCUT2D eigenvalue weighted by molar-refractivity contribution is 0.0985. The number of hydrogen-bond acceptors (Lipinski definition) is 7. The van der Waals surface area contributed by atoms with Crippen molar-refractivity contribution in [3.05, 3.63) is 65.9 Å². The number of ether oxygens (including phenoxy) is 1. The molecule has 0 bridgehead atoms. The number of nitrogens with one attached hydrogen (secondary N) is 2. The average molecular weight is 560 g/mol. The number of amides is 2. The van der Waals surface area contributed by atoms with E-state index in [-0.39, 0.29) is 12.1 Å². The first-order valence-electron chi connectivity index (χ1n) is 12.8. The highest BCUT2D eigenvalue weighted by atomic mass is 32.3. The number of halogens is 2. The maximum Gasteiger partial charge on any atom is 0.319 e. The summed E-state index contributed by atoms with van der Waals surface area (Å²) in [5, 5.41) is 5.41. The summed E-state index contributed by atoms with van der Waals surface area (Å²) in [6.07, 6.45) is 0.685. The Morgan fingerprint density at radius 1 is 1.15 bits per heavy atom. The Bertz CT molecular complexity index is 1370. The molecule has 0 unspecified atom stereocenters. The number of urea groups is 1. The number of nitrogens with zero attached hydrogens (tertiary/aromatic N) is 3. The smallest absolute Gasteiger partial charge is 0.319 e. The molecule has 208 valence electrons. The third kappa shape index (κ3) is 5.29. The molecule has 2 amide bonds. The van der Waals surface area contributed by atoms with Crippen molar-refractivity contribution in [1.82, 2.24) is 15.3 Å². The lowest BCUT2D eigenvalue weighted by Crippen LogP contribution is -2.44. The minimum Gasteiger partial charge on any atom is -0.377 e. The van der Waals surface area contributed by atoms with Crippen molar-refractivity contribution < 1.29 is 27.4 Å². The number of carbonyl (C=O) groups excluding carboxylic acids is 1. The molecule has 2 fully saturated rings. The van der Waals surface area contributed by atoms with Gasteiger partial charge in [0.2, 0.25) is 0 Å². The monoisotopic (exact) mass is 559 g/mol. The SMILES string of the molecule is CCNC(=O)Nc1ccc(-c2nc(N3CCOC[C@@H]3C)cc(C3(S(O)(O)c4cc(F)ccc4F)CC3)n2)cc1. The fraction of sp³-hybridized carbons (Fsp3) is 0.370. The van der Waals surface area contributed by atoms with Gasteiger partial charge in [0.1, 0.15) is 22.2 Å². The van der Waals surface area contributed by atoms with E-state index < -0.39 is 31.9 Å². The van der Waals surface area contributed by atoms with Gasteiger partial charge in [0, 0.05) is 30.4 Å². The molecule has 2 heterocycles. The molecular formula is C27H31F2N5O4S. The van der Waals surface area contributed by atoms with Crippen LogP contribution in [0.5, 0.6) is 0 Å². The highest BCUT2D eigenvalue weighted by Crippen LogP contribution is 2.75. The van der Waals surface area contributed by atoms with Crippen molar-refractivity contribution in [2.75, 3.05) is 36.5 Å². The van der Waals surface area contributed by atoms with Crippen LogP contribution in [0, 0.1) is 11.6 Å². The molecule has 1 aromatic heterocycles. The van der Waals surface area contributed by atoms with Gasteiger partial charge < -0.3 is 20.3 Å². The molecule has 3 aromatic rings. The van der Waals surface area contributed by atoms with Crippen LogP contribution in [0.3, 0.4) is 0 Å². The molecule has 0 radical (unpaired) electrons. The van der Waals surface area contributed by atoms with Gasteiger partial charge in [0.15, 0.2) is 5.82 Å². The van der Waals surface area contributed by atoms with Gasteiger partial charge in [-0.15, -0.1) is 0 Å². The van der Waals surface area contributed by atoms with Gasteiger partial charge in [-0.3, -0.25) is 9.11 Å². The molecule has 5 rings (SSSR count). The quantitative estimate of drug-likeness (QED) is 0.298. The Morgan fingerprint density at radius 2 is 1.90 bits per heavy atom. The Kier molecular flexibility index (Phi) is 7.47. The zero-order valence-corrected chi connectivity index (χ0v) is 22.5. The summed E-state index contributed by atoms with van der Waals surface area (Å²) in [7, 11) is -3.82. The van der Waals surface area contributed by atoms with E-state index in [0.717, 1.165) is 18.2 Å². The van der Waals surface area contributed by atoms with E-state index in [1.165, 1.54) is 0 Å². The van der Waals surface area contributed by atoms with E-state index in [4.69, 9.17) is 14.7 Å². The topological polar surface area (TPSA) is 120 Å². The van der Waals surface area contributed by atoms with Crippen LogP contribution in [-0.2, 0) is 9.48 Å². The summed E-state index contributed by atoms with van der Waals surface area (Å²) in [5.74, 6) is -0.715. The largest absolute Gasteiger partial charge is 0.377 e. The fourth-order valence-electron chi connectivity index (χ4n) is 4.76. The van der Waals surface area contributed by atoms with Crippen molar-refractivity contribution in [3.8, 4) is 11.4 Å². The van der Waals surface area contributed by atoms with Crippen LogP contribution >= 0.6 is 10.6 Å². The molecule has 2 aromatic carbocycles. The molecule has 0 spiro atoms. The van der Waals surface area contributed by atoms with Crippen LogP contribution in [0.1, 0.15) is 32.4 Å². The molecule has 4 N–H and O–H groups in total. The lowest BCUT2D eigenvalue weighted by Gasteiger charge is -2.41. The molecule has 1 saturated carbocycles. The van der Waals surface area contributed by atoms with E-state index in [2.05, 4.69) is 15.5 Å². The predicted molar refractivity (Wildman–Crippen MR) is 146 cm³/mol. The van der Waals surface area contributed by atoms with Crippen LogP contribution < -0.4 is 15.5 Å². The Balaban J connectivity index is 1.57. The lowest BCUT2D eigenvalue weighted by atomic mass is 10.1. The van der Waals surface area contributed by atoms with Crippen molar-refractivity contribution in [2.24, 2.45) is 0 Å². The van der Waals surface area contributed by atoms with E-state index >= 15 is 0 Å². The van der Waals surface area contributed by atoms with Gasteiger partial charge in [0.25, 0.3) is 0 Å². The van der Waals surface area contributed by atoms with E-state index in [0.29, 0.717) is 67.7 Å². The summed E-state index contributed by atoms with van der Waals surface area (Å²) >= 11 is 0. The Labute approximate surface area is 227 Å². The van der Waals surface area contributed by atoms with Crippen molar-refractivity contribution in [2.45, 2.75) is 42.4 Å². The Morgan fingerprint density at radius 3 is 2.56 bits per heavy atom. The third-order valence-electron chi connectivity index (χ3n) is 7.03. The first kappa shape index (κ1) is 27.3. The van der Waals surface area contributed by atoms with Crippen LogP contribution in [0.15, 0.2) is 53.4 Å². The van der Waals surface area contributed by atoms with Crippen molar-refractivity contribution in [1.29, 1.82) is 0 Å². The fourth-order valence-corrected chi connectivity index (χ4v) is 6.86. The molecule has 39 heavy (non-hydrogen) atoms. The van der Waals surface area contributed by atoms with Crippen molar-refractivity contribution in [3.63, 3.8) is 0 Å². The number of aromatic nitrogens is 2. The zero-order chi connectivity index (χ0) is 27.8. The minimum atomic E-state index is -3.82. The first-order chi connectivity index (χ1) is 18.6. The van der Waals surface area contributed by atoms with Gasteiger partial charge in [-0.25, -0.2) is 23.5 Å². The molecular weight excluding hydrogens is 528 g/mol. The highest BCUT2D eigenvalue weighted by Gasteiger charge is 2.58. The molecule has 1 aliphatic carbocycles. The van der Waals surface area contributed by atoms with Gasteiger partial charge in [-0.05, 0) is 69.2 Å². The minimum absolute atomic E-state index is 0.00850. The molecule has 2 aliphatic rings. The zero-order valence-electron chi connectivity index (χ0n) is 21.7. The molecule has 1 saturated heterocycles. The number of morpholine rings is 1. The molecule has 1 atom stereocenters. The average Bonchev–Trinajstić information content (AvgIpc) is 3.74. The number of carbonyl (C=O) groups is 1. The first-order valence-corrected chi connectivity index (χ1v) is 14.3. The molecule has 1 aliphatic heterocycles. The predicted octanol–water partition coefficient (Wildman–Crippen LogP) is 5.59. The third-order valence-corrected chi connectivity index (χ3v) is 9.66. The second-order valence-electron chi connectivity index (χ2n) is 9.73. The number of anilines is 2. The van der Waals surface area contributed by atoms with E-state index in [1.807, 2.05) is 13.8 Å². The maximum atomic E-state index is 14.7. The van der Waals surface area contributed by atoms with E-state index in [9.17, 15) is 22.7 Å². The second-order valence-corrected chi connectivity index (χ2v) is 12.1. The number of rotatable bonds is 7. The van der Waals surface area contributed by atoms with E-state index in [1.54, 1.807) is 30.3 Å². The van der Waals surface area contributed by atoms with Crippen molar-refractivity contribution >= 4 is 28.1 Å². The molecule has 12 heteroatoms. The summed E-state index contributed by atoms with van der Waals surface area (Å²) in [5.41, 5.74) is 1.58.